The van der Waals surface area contributed by atoms with Crippen molar-refractivity contribution in [3.63, 3.8) is 0 Å². The Balaban J connectivity index is 1.86. The number of ether oxygens (including phenoxy) is 3. The Morgan fingerprint density at radius 2 is 1.83 bits per heavy atom. The number of amides is 3. The second-order valence-corrected chi connectivity index (χ2v) is 12.0. The summed E-state index contributed by atoms with van der Waals surface area (Å²) in [4.78, 5) is 42.4. The van der Waals surface area contributed by atoms with Gasteiger partial charge in [-0.05, 0) is 60.3 Å². The first-order valence-electron chi connectivity index (χ1n) is 13.8. The van der Waals surface area contributed by atoms with E-state index in [1.807, 2.05) is 48.5 Å². The summed E-state index contributed by atoms with van der Waals surface area (Å²) >= 11 is 0. The van der Waals surface area contributed by atoms with Crippen molar-refractivity contribution in [2.24, 2.45) is 11.8 Å². The molecule has 0 aromatic carbocycles. The highest BCUT2D eigenvalue weighted by molar-refractivity contribution is 5.81. The molecule has 1 N–H and O–H groups in total. The van der Waals surface area contributed by atoms with Crippen molar-refractivity contribution >= 4 is 18.1 Å². The molecule has 3 rings (SSSR count). The Labute approximate surface area is 216 Å². The van der Waals surface area contributed by atoms with Crippen LogP contribution in [0.5, 0.6) is 0 Å². The van der Waals surface area contributed by atoms with Gasteiger partial charge in [-0.3, -0.25) is 9.69 Å². The maximum atomic E-state index is 13.6. The fourth-order valence-corrected chi connectivity index (χ4v) is 5.90. The standard InChI is InChI=1S/C27H47N3O6/c1-8-13-19(23(31)28-21-17-29(9-2)24(32)34-21)22-20(16-18-14-11-10-12-15-18)30(27(6,7)35-22)25(33)36-26(3,4)5/h18-22H,8-17H2,1-7H3,(H,28,31)/t19?,20-,21-,22+/m0/s1. The van der Waals surface area contributed by atoms with Gasteiger partial charge in [0.2, 0.25) is 5.91 Å². The molecule has 2 heterocycles. The summed E-state index contributed by atoms with van der Waals surface area (Å²) in [5, 5.41) is 2.93. The van der Waals surface area contributed by atoms with Crippen molar-refractivity contribution in [1.29, 1.82) is 0 Å². The van der Waals surface area contributed by atoms with Crippen molar-refractivity contribution < 1.29 is 28.6 Å². The quantitative estimate of drug-likeness (QED) is 0.493. The van der Waals surface area contributed by atoms with Gasteiger partial charge in [0.05, 0.1) is 24.6 Å². The summed E-state index contributed by atoms with van der Waals surface area (Å²) in [7, 11) is 0. The summed E-state index contributed by atoms with van der Waals surface area (Å²) < 4.78 is 17.7. The normalized spacial score (nSPS) is 27.6. The molecule has 9 heteroatoms. The number of nitrogens with one attached hydrogen (secondary N) is 1. The molecule has 206 valence electrons. The average Bonchev–Trinajstić information content (AvgIpc) is 3.26. The zero-order valence-electron chi connectivity index (χ0n) is 23.3. The van der Waals surface area contributed by atoms with Crippen LogP contribution in [0, 0.1) is 11.8 Å². The third kappa shape index (κ3) is 6.84. The van der Waals surface area contributed by atoms with Crippen LogP contribution >= 0.6 is 0 Å². The van der Waals surface area contributed by atoms with Gasteiger partial charge < -0.3 is 24.4 Å². The fraction of sp³-hybridized carbons (Fsp3) is 0.889. The zero-order chi connectivity index (χ0) is 26.7. The lowest BCUT2D eigenvalue weighted by molar-refractivity contribution is -0.136. The highest BCUT2D eigenvalue weighted by atomic mass is 16.6. The van der Waals surface area contributed by atoms with E-state index < -0.39 is 41.8 Å². The lowest BCUT2D eigenvalue weighted by atomic mass is 9.80. The molecule has 0 aromatic rings. The molecule has 2 aliphatic heterocycles. The minimum absolute atomic E-state index is 0.201. The molecule has 3 fully saturated rings. The van der Waals surface area contributed by atoms with E-state index in [1.54, 1.807) is 9.80 Å². The summed E-state index contributed by atoms with van der Waals surface area (Å²) in [6, 6.07) is -0.279. The van der Waals surface area contributed by atoms with Gasteiger partial charge in [0.1, 0.15) is 11.3 Å². The molecule has 0 bridgehead atoms. The van der Waals surface area contributed by atoms with Crippen LogP contribution < -0.4 is 5.32 Å². The van der Waals surface area contributed by atoms with Gasteiger partial charge in [-0.2, -0.15) is 0 Å². The van der Waals surface area contributed by atoms with Crippen molar-refractivity contribution in [2.45, 2.75) is 130 Å². The smallest absolute Gasteiger partial charge is 0.412 e. The van der Waals surface area contributed by atoms with Crippen LogP contribution in [0.3, 0.4) is 0 Å². The second-order valence-electron chi connectivity index (χ2n) is 12.0. The van der Waals surface area contributed by atoms with Gasteiger partial charge in [0, 0.05) is 6.54 Å². The summed E-state index contributed by atoms with van der Waals surface area (Å²) in [5.41, 5.74) is -1.56. The van der Waals surface area contributed by atoms with Crippen molar-refractivity contribution in [1.82, 2.24) is 15.1 Å². The molecule has 9 nitrogen and oxygen atoms in total. The Kier molecular flexibility index (Phi) is 9.17. The van der Waals surface area contributed by atoms with Crippen LogP contribution in [-0.4, -0.2) is 70.7 Å². The molecular formula is C27H47N3O6. The topological polar surface area (TPSA) is 97.4 Å². The first kappa shape index (κ1) is 28.5. The lowest BCUT2D eigenvalue weighted by Gasteiger charge is -2.37. The predicted octanol–water partition coefficient (Wildman–Crippen LogP) is 5.03. The number of nitrogens with zero attached hydrogens (tertiary/aromatic N) is 2. The highest BCUT2D eigenvalue weighted by Gasteiger charge is 2.55. The van der Waals surface area contributed by atoms with Gasteiger partial charge in [-0.15, -0.1) is 0 Å². The number of hydrogen-bond acceptors (Lipinski definition) is 6. The van der Waals surface area contributed by atoms with Crippen molar-refractivity contribution in [3.8, 4) is 0 Å². The molecule has 2 saturated heterocycles. The molecule has 0 aromatic heterocycles. The monoisotopic (exact) mass is 509 g/mol. The minimum Gasteiger partial charge on any atom is -0.444 e. The van der Waals surface area contributed by atoms with Crippen LogP contribution in [0.2, 0.25) is 0 Å². The minimum atomic E-state index is -0.919. The van der Waals surface area contributed by atoms with Gasteiger partial charge in [0.15, 0.2) is 6.23 Å². The predicted molar refractivity (Wildman–Crippen MR) is 136 cm³/mol. The SMILES string of the molecule is CCCC(C(=O)N[C@@H]1CN(CC)C(=O)O1)[C@H]1OC(C)(C)N(C(=O)OC(C)(C)C)[C@H]1CC1CCCCC1. The molecule has 0 spiro atoms. The summed E-state index contributed by atoms with van der Waals surface area (Å²) in [5.74, 6) is -0.203. The largest absolute Gasteiger partial charge is 0.444 e. The molecule has 1 aliphatic carbocycles. The number of rotatable bonds is 8. The molecule has 36 heavy (non-hydrogen) atoms. The van der Waals surface area contributed by atoms with E-state index in [0.717, 1.165) is 25.7 Å². The molecule has 1 saturated carbocycles. The lowest BCUT2D eigenvalue weighted by Crippen LogP contribution is -2.52. The maximum Gasteiger partial charge on any atom is 0.412 e. The Morgan fingerprint density at radius 3 is 2.39 bits per heavy atom. The fourth-order valence-electron chi connectivity index (χ4n) is 5.90. The first-order chi connectivity index (χ1) is 16.9. The maximum absolute atomic E-state index is 13.6. The van der Waals surface area contributed by atoms with Crippen LogP contribution in [0.15, 0.2) is 0 Å². The molecule has 1 unspecified atom stereocenters. The molecule has 3 amide bonds. The van der Waals surface area contributed by atoms with E-state index in [2.05, 4.69) is 5.32 Å². The Morgan fingerprint density at radius 1 is 1.17 bits per heavy atom. The number of likely N-dealkylation sites (N-methyl/N-ethyl adjacent to an activating group) is 1. The van der Waals surface area contributed by atoms with E-state index in [-0.39, 0.29) is 11.9 Å². The van der Waals surface area contributed by atoms with E-state index in [1.165, 1.54) is 19.3 Å². The third-order valence-corrected chi connectivity index (χ3v) is 7.51. The molecule has 4 atom stereocenters. The van der Waals surface area contributed by atoms with Gasteiger partial charge in [-0.25, -0.2) is 9.59 Å². The average molecular weight is 510 g/mol. The van der Waals surface area contributed by atoms with E-state index in [0.29, 0.717) is 25.4 Å². The van der Waals surface area contributed by atoms with Gasteiger partial charge in [-0.1, -0.05) is 45.4 Å². The number of cyclic esters (lactones) is 1. The van der Waals surface area contributed by atoms with Gasteiger partial charge in [0.25, 0.3) is 0 Å². The van der Waals surface area contributed by atoms with Crippen molar-refractivity contribution in [2.75, 3.05) is 13.1 Å². The molecule has 0 radical (unpaired) electrons. The van der Waals surface area contributed by atoms with Gasteiger partial charge >= 0.3 is 12.2 Å². The number of carbonyl (C=O) groups excluding carboxylic acids is 3. The summed E-state index contributed by atoms with van der Waals surface area (Å²) in [6.07, 6.45) is 6.07. The Hall–Kier alpha value is -2.03. The number of carbonyl (C=O) groups is 3. The van der Waals surface area contributed by atoms with E-state index >= 15 is 0 Å². The third-order valence-electron chi connectivity index (χ3n) is 7.51. The first-order valence-corrected chi connectivity index (χ1v) is 13.8. The second kappa shape index (κ2) is 11.6. The molecular weight excluding hydrogens is 462 g/mol. The van der Waals surface area contributed by atoms with E-state index in [4.69, 9.17) is 14.2 Å². The van der Waals surface area contributed by atoms with Crippen LogP contribution in [0.25, 0.3) is 0 Å². The highest BCUT2D eigenvalue weighted by Crippen LogP contribution is 2.42. The number of hydrogen-bond donors (Lipinski definition) is 1. The summed E-state index contributed by atoms with van der Waals surface area (Å²) in [6.45, 7) is 14.1. The van der Waals surface area contributed by atoms with Crippen molar-refractivity contribution in [3.05, 3.63) is 0 Å². The van der Waals surface area contributed by atoms with Crippen LogP contribution in [0.4, 0.5) is 9.59 Å². The van der Waals surface area contributed by atoms with Crippen LogP contribution in [-0.2, 0) is 19.0 Å². The Bertz CT molecular complexity index is 789. The molecule has 3 aliphatic rings. The van der Waals surface area contributed by atoms with E-state index in [9.17, 15) is 14.4 Å². The zero-order valence-corrected chi connectivity index (χ0v) is 23.3. The van der Waals surface area contributed by atoms with Crippen LogP contribution in [0.1, 0.15) is 99.8 Å².